The van der Waals surface area contributed by atoms with Crippen molar-refractivity contribution in [1.82, 2.24) is 14.5 Å². The van der Waals surface area contributed by atoms with Gasteiger partial charge in [-0.25, -0.2) is 4.98 Å². The van der Waals surface area contributed by atoms with Crippen LogP contribution in [0.15, 0.2) is 77.2 Å². The summed E-state index contributed by atoms with van der Waals surface area (Å²) in [6.45, 7) is 8.71. The van der Waals surface area contributed by atoms with Gasteiger partial charge in [0, 0.05) is 35.2 Å². The minimum Gasteiger partial charge on any atom is -0.441 e. The monoisotopic (exact) mass is 545 g/mol. The van der Waals surface area contributed by atoms with E-state index in [9.17, 15) is 4.79 Å². The molecule has 5 aromatic rings. The zero-order valence-electron chi connectivity index (χ0n) is 23.9. The van der Waals surface area contributed by atoms with Crippen LogP contribution in [-0.2, 0) is 29.9 Å². The van der Waals surface area contributed by atoms with E-state index in [0.717, 1.165) is 58.4 Å². The molecular formula is C35H35N3O3. The van der Waals surface area contributed by atoms with Gasteiger partial charge in [0.15, 0.2) is 0 Å². The molecule has 7 rings (SSSR count). The molecule has 1 spiro atoms. The van der Waals surface area contributed by atoms with E-state index in [0.29, 0.717) is 32.1 Å². The van der Waals surface area contributed by atoms with Crippen LogP contribution in [0, 0.1) is 13.8 Å². The molecule has 0 N–H and O–H groups in total. The van der Waals surface area contributed by atoms with E-state index < -0.39 is 0 Å². The van der Waals surface area contributed by atoms with Gasteiger partial charge >= 0.3 is 0 Å². The third kappa shape index (κ3) is 4.29. The van der Waals surface area contributed by atoms with Crippen molar-refractivity contribution < 1.29 is 13.9 Å². The van der Waals surface area contributed by atoms with E-state index in [2.05, 4.69) is 79.1 Å². The molecule has 4 heterocycles. The van der Waals surface area contributed by atoms with Crippen LogP contribution in [0.2, 0.25) is 0 Å². The van der Waals surface area contributed by atoms with Crippen molar-refractivity contribution in [1.29, 1.82) is 0 Å². The molecule has 6 heteroatoms. The second-order valence-electron chi connectivity index (χ2n) is 11.4. The van der Waals surface area contributed by atoms with Gasteiger partial charge in [0.1, 0.15) is 11.5 Å². The summed E-state index contributed by atoms with van der Waals surface area (Å²) in [5, 5.41) is 0.981. The lowest BCUT2D eigenvalue weighted by Crippen LogP contribution is -2.45. The molecule has 0 radical (unpaired) electrons. The topological polar surface area (TPSA) is 60.5 Å². The molecule has 0 unspecified atom stereocenters. The van der Waals surface area contributed by atoms with Crippen molar-refractivity contribution in [3.8, 4) is 11.5 Å². The molecular weight excluding hydrogens is 510 g/mol. The van der Waals surface area contributed by atoms with Crippen LogP contribution in [0.4, 0.5) is 0 Å². The summed E-state index contributed by atoms with van der Waals surface area (Å²) in [5.74, 6) is 1.51. The normalized spacial score (nSPS) is 16.0. The molecule has 1 amide bonds. The van der Waals surface area contributed by atoms with E-state index >= 15 is 0 Å². The fourth-order valence-corrected chi connectivity index (χ4v) is 6.66. The molecule has 2 aromatic heterocycles. The van der Waals surface area contributed by atoms with Crippen LogP contribution in [0.5, 0.6) is 0 Å². The van der Waals surface area contributed by atoms with Crippen LogP contribution >= 0.6 is 0 Å². The van der Waals surface area contributed by atoms with E-state index in [1.807, 2.05) is 24.0 Å². The summed E-state index contributed by atoms with van der Waals surface area (Å²) in [6.07, 6.45) is 2.62. The Hall–Kier alpha value is -4.16. The first-order valence-electron chi connectivity index (χ1n) is 14.6. The lowest BCUT2D eigenvalue weighted by Gasteiger charge is -2.39. The molecule has 6 nitrogen and oxygen atoms in total. The van der Waals surface area contributed by atoms with E-state index in [1.54, 1.807) is 0 Å². The molecule has 208 valence electrons. The Labute approximate surface area is 240 Å². The Bertz CT molecular complexity index is 1750. The second kappa shape index (κ2) is 10.0. The van der Waals surface area contributed by atoms with Crippen molar-refractivity contribution in [2.24, 2.45) is 0 Å². The van der Waals surface area contributed by atoms with Crippen LogP contribution in [-0.4, -0.2) is 33.4 Å². The van der Waals surface area contributed by atoms with Crippen molar-refractivity contribution in [2.75, 3.05) is 13.1 Å². The first kappa shape index (κ1) is 25.8. The number of hydrogen-bond acceptors (Lipinski definition) is 4. The number of ether oxygens (including phenoxy) is 1. The predicted octanol–water partition coefficient (Wildman–Crippen LogP) is 7.19. The molecule has 0 aliphatic carbocycles. The summed E-state index contributed by atoms with van der Waals surface area (Å²) >= 11 is 0. The van der Waals surface area contributed by atoms with Gasteiger partial charge in [0.2, 0.25) is 5.89 Å². The molecule has 3 aromatic carbocycles. The Balaban J connectivity index is 1.17. The first-order valence-corrected chi connectivity index (χ1v) is 14.6. The molecule has 0 bridgehead atoms. The maximum Gasteiger partial charge on any atom is 0.256 e. The summed E-state index contributed by atoms with van der Waals surface area (Å²) in [7, 11) is 0. The average molecular weight is 546 g/mol. The second-order valence-corrected chi connectivity index (χ2v) is 11.4. The summed E-state index contributed by atoms with van der Waals surface area (Å²) in [4.78, 5) is 21.0. The van der Waals surface area contributed by atoms with Crippen molar-refractivity contribution in [3.05, 3.63) is 112 Å². The number of benzene rings is 3. The molecule has 2 aliphatic rings. The Morgan fingerprint density at radius 2 is 1.68 bits per heavy atom. The SMILES string of the molecule is CCc1ccc(-c2nc(Cn3c(C)c(C(=O)N4CCC5(CC4)OCc4ccccc45)c4ccccc43)c(C)o2)cc1. The number of carbonyl (C=O) groups excluding carboxylic acids is 1. The molecule has 41 heavy (non-hydrogen) atoms. The highest BCUT2D eigenvalue weighted by atomic mass is 16.5. The molecule has 1 saturated heterocycles. The largest absolute Gasteiger partial charge is 0.441 e. The highest BCUT2D eigenvalue weighted by Gasteiger charge is 2.43. The van der Waals surface area contributed by atoms with E-state index in [-0.39, 0.29) is 11.5 Å². The molecule has 2 aliphatic heterocycles. The maximum atomic E-state index is 14.1. The quantitative estimate of drug-likeness (QED) is 0.235. The first-order chi connectivity index (χ1) is 20.0. The van der Waals surface area contributed by atoms with Gasteiger partial charge in [0.05, 0.1) is 24.3 Å². The summed E-state index contributed by atoms with van der Waals surface area (Å²) in [6, 6.07) is 25.1. The van der Waals surface area contributed by atoms with Crippen LogP contribution in [0.1, 0.15) is 64.0 Å². The highest BCUT2D eigenvalue weighted by molar-refractivity contribution is 6.08. The third-order valence-corrected chi connectivity index (χ3v) is 9.12. The maximum absolute atomic E-state index is 14.1. The lowest BCUT2D eigenvalue weighted by atomic mass is 9.83. The number of hydrogen-bond donors (Lipinski definition) is 0. The van der Waals surface area contributed by atoms with Gasteiger partial charge in [-0.05, 0) is 68.0 Å². The number of oxazole rings is 1. The number of aromatic nitrogens is 2. The van der Waals surface area contributed by atoms with Crippen molar-refractivity contribution in [2.45, 2.75) is 58.8 Å². The van der Waals surface area contributed by atoms with Gasteiger partial charge in [-0.3, -0.25) is 4.79 Å². The Morgan fingerprint density at radius 1 is 0.951 bits per heavy atom. The third-order valence-electron chi connectivity index (χ3n) is 9.12. The standard InChI is InChI=1S/C35H35N3O3/c1-4-25-13-15-26(16-14-25)33-36-30(24(3)41-33)21-38-23(2)32(28-10-6-8-12-31(28)38)34(39)37-19-17-35(18-20-37)29-11-7-5-9-27(29)22-40-35/h5-16H,4,17-22H2,1-3H3. The predicted molar refractivity (Wildman–Crippen MR) is 160 cm³/mol. The van der Waals surface area contributed by atoms with Crippen LogP contribution < -0.4 is 0 Å². The Kier molecular flexibility index (Phi) is 6.31. The van der Waals surface area contributed by atoms with Gasteiger partial charge in [0.25, 0.3) is 5.91 Å². The van der Waals surface area contributed by atoms with E-state index in [4.69, 9.17) is 14.1 Å². The number of fused-ring (bicyclic) bond motifs is 3. The van der Waals surface area contributed by atoms with Crippen LogP contribution in [0.3, 0.4) is 0 Å². The minimum atomic E-state index is -0.268. The fourth-order valence-electron chi connectivity index (χ4n) is 6.66. The zero-order chi connectivity index (χ0) is 28.1. The average Bonchev–Trinajstić information content (AvgIpc) is 3.65. The van der Waals surface area contributed by atoms with Crippen molar-refractivity contribution >= 4 is 16.8 Å². The number of rotatable bonds is 5. The number of likely N-dealkylation sites (tertiary alicyclic amines) is 1. The minimum absolute atomic E-state index is 0.0900. The summed E-state index contributed by atoms with van der Waals surface area (Å²) in [5.41, 5.74) is 8.20. The van der Waals surface area contributed by atoms with Gasteiger partial charge in [-0.15, -0.1) is 0 Å². The highest BCUT2D eigenvalue weighted by Crippen LogP contribution is 2.44. The molecule has 0 atom stereocenters. The number of nitrogens with zero attached hydrogens (tertiary/aromatic N) is 3. The fraction of sp³-hybridized carbons (Fsp3) is 0.314. The van der Waals surface area contributed by atoms with E-state index in [1.165, 1.54) is 16.7 Å². The molecule has 0 saturated carbocycles. The van der Waals surface area contributed by atoms with Gasteiger partial charge < -0.3 is 18.6 Å². The number of carbonyl (C=O) groups is 1. The number of piperidine rings is 1. The van der Waals surface area contributed by atoms with Crippen molar-refractivity contribution in [3.63, 3.8) is 0 Å². The lowest BCUT2D eigenvalue weighted by molar-refractivity contribution is -0.0741. The van der Waals surface area contributed by atoms with Gasteiger partial charge in [-0.2, -0.15) is 0 Å². The molecule has 1 fully saturated rings. The number of para-hydroxylation sites is 1. The zero-order valence-corrected chi connectivity index (χ0v) is 23.9. The van der Waals surface area contributed by atoms with Gasteiger partial charge in [-0.1, -0.05) is 61.5 Å². The van der Waals surface area contributed by atoms with Crippen LogP contribution in [0.25, 0.3) is 22.4 Å². The summed E-state index contributed by atoms with van der Waals surface area (Å²) < 4.78 is 14.7. The number of aryl methyl sites for hydroxylation is 2. The smallest absolute Gasteiger partial charge is 0.256 e. The Morgan fingerprint density at radius 3 is 2.46 bits per heavy atom. The number of amides is 1.